The van der Waals surface area contributed by atoms with Crippen molar-refractivity contribution in [3.63, 3.8) is 0 Å². The minimum absolute atomic E-state index is 0.0234. The Balaban J connectivity index is 1.76. The number of piperidine rings is 1. The number of nitrogens with two attached hydrogens (primary N) is 1. The van der Waals surface area contributed by atoms with Crippen molar-refractivity contribution in [3.05, 3.63) is 40.8 Å². The van der Waals surface area contributed by atoms with Crippen LogP contribution < -0.4 is 11.3 Å². The maximum Gasteiger partial charge on any atom is 0.251 e. The fraction of sp³-hybridized carbons (Fsp3) is 0.467. The molecule has 3 N–H and O–H groups in total. The molecule has 0 bridgehead atoms. The largest absolute Gasteiger partial charge is 0.390 e. The van der Waals surface area contributed by atoms with E-state index in [4.69, 9.17) is 5.73 Å². The first kappa shape index (κ1) is 14.2. The number of β-amino-alcohol motifs (C(OH)–C–C–N with tert-alkyl or cyclic N) is 1. The van der Waals surface area contributed by atoms with Crippen molar-refractivity contribution < 1.29 is 5.11 Å². The van der Waals surface area contributed by atoms with Crippen LogP contribution in [0.4, 0.5) is 0 Å². The molecule has 3 heterocycles. The Labute approximate surface area is 122 Å². The minimum atomic E-state index is -0.482. The first-order valence-corrected chi connectivity index (χ1v) is 7.26. The summed E-state index contributed by atoms with van der Waals surface area (Å²) in [4.78, 5) is 18.5. The van der Waals surface area contributed by atoms with Crippen LogP contribution in [-0.4, -0.2) is 51.3 Å². The second-order valence-electron chi connectivity index (χ2n) is 5.55. The van der Waals surface area contributed by atoms with E-state index in [0.29, 0.717) is 13.1 Å². The Kier molecular flexibility index (Phi) is 4.01. The Morgan fingerprint density at radius 2 is 2.19 bits per heavy atom. The van der Waals surface area contributed by atoms with Crippen molar-refractivity contribution in [1.82, 2.24) is 14.5 Å². The van der Waals surface area contributed by atoms with Gasteiger partial charge < -0.3 is 15.4 Å². The van der Waals surface area contributed by atoms with E-state index in [1.807, 2.05) is 12.1 Å². The summed E-state index contributed by atoms with van der Waals surface area (Å²) in [6.45, 7) is 2.73. The van der Waals surface area contributed by atoms with Crippen LogP contribution in [0.2, 0.25) is 0 Å². The smallest absolute Gasteiger partial charge is 0.251 e. The van der Waals surface area contributed by atoms with Gasteiger partial charge >= 0.3 is 0 Å². The topological polar surface area (TPSA) is 84.4 Å². The quantitative estimate of drug-likeness (QED) is 0.816. The zero-order valence-electron chi connectivity index (χ0n) is 11.9. The summed E-state index contributed by atoms with van der Waals surface area (Å²) in [7, 11) is 0. The highest BCUT2D eigenvalue weighted by atomic mass is 16.3. The number of pyridine rings is 2. The zero-order valence-corrected chi connectivity index (χ0v) is 11.9. The van der Waals surface area contributed by atoms with Crippen molar-refractivity contribution in [2.75, 3.05) is 19.6 Å². The summed E-state index contributed by atoms with van der Waals surface area (Å²) in [6.07, 6.45) is 2.02. The van der Waals surface area contributed by atoms with E-state index in [1.165, 1.54) is 0 Å². The van der Waals surface area contributed by atoms with Crippen LogP contribution >= 0.6 is 0 Å². The number of rotatable bonds is 3. The van der Waals surface area contributed by atoms with Crippen molar-refractivity contribution >= 4 is 11.0 Å². The number of aliphatic hydroxyl groups is 1. The van der Waals surface area contributed by atoms with Crippen LogP contribution in [-0.2, 0) is 6.54 Å². The molecule has 0 saturated carbocycles. The molecule has 2 aromatic heterocycles. The highest BCUT2D eigenvalue weighted by molar-refractivity contribution is 5.73. The highest BCUT2D eigenvalue weighted by Gasteiger charge is 2.24. The van der Waals surface area contributed by atoms with Crippen LogP contribution in [0.5, 0.6) is 0 Å². The number of likely N-dealkylation sites (tertiary alicyclic amines) is 1. The summed E-state index contributed by atoms with van der Waals surface area (Å²) in [6, 6.07) is 6.91. The predicted octanol–water partition coefficient (Wildman–Crippen LogP) is -0.210. The zero-order chi connectivity index (χ0) is 14.8. The van der Waals surface area contributed by atoms with Crippen molar-refractivity contribution in [2.45, 2.75) is 25.1 Å². The van der Waals surface area contributed by atoms with E-state index in [9.17, 15) is 9.90 Å². The fourth-order valence-corrected chi connectivity index (χ4v) is 2.82. The molecule has 2 atom stereocenters. The predicted molar refractivity (Wildman–Crippen MR) is 81.0 cm³/mol. The molecule has 6 heteroatoms. The third-order valence-electron chi connectivity index (χ3n) is 4.11. The molecule has 0 aliphatic carbocycles. The number of aliphatic hydroxyl groups excluding tert-OH is 1. The highest BCUT2D eigenvalue weighted by Crippen LogP contribution is 2.11. The average molecular weight is 288 g/mol. The van der Waals surface area contributed by atoms with Gasteiger partial charge in [-0.15, -0.1) is 0 Å². The second-order valence-corrected chi connectivity index (χ2v) is 5.55. The van der Waals surface area contributed by atoms with Crippen LogP contribution in [0, 0.1) is 0 Å². The Morgan fingerprint density at radius 1 is 1.33 bits per heavy atom. The monoisotopic (exact) mass is 288 g/mol. The van der Waals surface area contributed by atoms with Gasteiger partial charge in [-0.05, 0) is 31.2 Å². The molecule has 1 aliphatic heterocycles. The van der Waals surface area contributed by atoms with Gasteiger partial charge in [-0.2, -0.15) is 0 Å². The summed E-state index contributed by atoms with van der Waals surface area (Å²) in [5.74, 6) is 0. The van der Waals surface area contributed by atoms with Crippen molar-refractivity contribution in [2.24, 2.45) is 5.73 Å². The van der Waals surface area contributed by atoms with E-state index >= 15 is 0 Å². The molecule has 0 amide bonds. The standard InChI is InChI=1S/C15H20N4O2/c16-11-5-7-18(10-14(11)20)8-9-19-13-2-1-6-17-12(13)3-4-15(19)21/h1-4,6,11,14,20H,5,7-10,16H2. The molecule has 6 nitrogen and oxygen atoms in total. The van der Waals surface area contributed by atoms with Gasteiger partial charge in [0.15, 0.2) is 0 Å². The van der Waals surface area contributed by atoms with Gasteiger partial charge in [0.1, 0.15) is 0 Å². The second kappa shape index (κ2) is 5.93. The van der Waals surface area contributed by atoms with Crippen molar-refractivity contribution in [1.29, 1.82) is 0 Å². The lowest BCUT2D eigenvalue weighted by Gasteiger charge is -2.34. The summed E-state index contributed by atoms with van der Waals surface area (Å²) >= 11 is 0. The molecule has 1 aliphatic rings. The number of fused-ring (bicyclic) bond motifs is 1. The molecule has 1 fully saturated rings. The maximum atomic E-state index is 12.1. The summed E-state index contributed by atoms with van der Waals surface area (Å²) in [5.41, 5.74) is 7.45. The van der Waals surface area contributed by atoms with Gasteiger partial charge in [0.25, 0.3) is 5.56 Å². The van der Waals surface area contributed by atoms with Crippen LogP contribution in [0.15, 0.2) is 35.3 Å². The van der Waals surface area contributed by atoms with Gasteiger partial charge in [-0.1, -0.05) is 0 Å². The maximum absolute atomic E-state index is 12.1. The van der Waals surface area contributed by atoms with E-state index in [2.05, 4.69) is 9.88 Å². The molecule has 0 spiro atoms. The van der Waals surface area contributed by atoms with Gasteiger partial charge in [-0.3, -0.25) is 14.7 Å². The summed E-state index contributed by atoms with van der Waals surface area (Å²) in [5, 5.41) is 9.83. The van der Waals surface area contributed by atoms with Crippen LogP contribution in [0.25, 0.3) is 11.0 Å². The van der Waals surface area contributed by atoms with Crippen molar-refractivity contribution in [3.8, 4) is 0 Å². The molecule has 2 aromatic rings. The molecule has 3 rings (SSSR count). The third-order valence-corrected chi connectivity index (χ3v) is 4.11. The molecule has 2 unspecified atom stereocenters. The van der Waals surface area contributed by atoms with Gasteiger partial charge in [-0.25, -0.2) is 0 Å². The molecular formula is C15H20N4O2. The molecular weight excluding hydrogens is 268 g/mol. The average Bonchev–Trinajstić information content (AvgIpc) is 2.50. The van der Waals surface area contributed by atoms with Gasteiger partial charge in [0.05, 0.1) is 17.1 Å². The SMILES string of the molecule is NC1CCN(CCn2c(=O)ccc3ncccc32)CC1O. The summed E-state index contributed by atoms with van der Waals surface area (Å²) < 4.78 is 1.74. The first-order chi connectivity index (χ1) is 10.1. The minimum Gasteiger partial charge on any atom is -0.390 e. The Morgan fingerprint density at radius 3 is 3.00 bits per heavy atom. The molecule has 21 heavy (non-hydrogen) atoms. The number of hydrogen-bond acceptors (Lipinski definition) is 5. The van der Waals surface area contributed by atoms with E-state index in [-0.39, 0.29) is 11.6 Å². The lowest BCUT2D eigenvalue weighted by Crippen LogP contribution is -2.51. The van der Waals surface area contributed by atoms with Crippen LogP contribution in [0.3, 0.4) is 0 Å². The first-order valence-electron chi connectivity index (χ1n) is 7.26. The van der Waals surface area contributed by atoms with Crippen LogP contribution in [0.1, 0.15) is 6.42 Å². The normalized spacial score (nSPS) is 23.5. The molecule has 0 radical (unpaired) electrons. The third kappa shape index (κ3) is 2.97. The lowest BCUT2D eigenvalue weighted by molar-refractivity contribution is 0.0520. The number of nitrogens with zero attached hydrogens (tertiary/aromatic N) is 3. The number of hydrogen-bond donors (Lipinski definition) is 2. The number of aromatic nitrogens is 2. The molecule has 0 aromatic carbocycles. The molecule has 1 saturated heterocycles. The Hall–Kier alpha value is -1.76. The fourth-order valence-electron chi connectivity index (χ4n) is 2.82. The lowest BCUT2D eigenvalue weighted by atomic mass is 10.0. The van der Waals surface area contributed by atoms with E-state index < -0.39 is 6.10 Å². The van der Waals surface area contributed by atoms with E-state index in [1.54, 1.807) is 22.9 Å². The van der Waals surface area contributed by atoms with E-state index in [0.717, 1.165) is 30.5 Å². The van der Waals surface area contributed by atoms with Gasteiger partial charge in [0, 0.05) is 37.9 Å². The Bertz CT molecular complexity index is 685. The van der Waals surface area contributed by atoms with Gasteiger partial charge in [0.2, 0.25) is 0 Å². The molecule has 112 valence electrons.